The summed E-state index contributed by atoms with van der Waals surface area (Å²) in [4.78, 5) is 11.2. The molecule has 0 fully saturated rings. The number of hydrogen-bond acceptors (Lipinski definition) is 2. The Kier molecular flexibility index (Phi) is 2.17. The molecular weight excluding hydrogens is 207 g/mol. The fourth-order valence-corrected chi connectivity index (χ4v) is 1.61. The normalized spacial score (nSPS) is 20.2. The van der Waals surface area contributed by atoms with E-state index in [1.165, 1.54) is 12.1 Å². The van der Waals surface area contributed by atoms with E-state index in [1.807, 2.05) is 0 Å². The number of nitrogens with two attached hydrogens (primary N) is 1. The Morgan fingerprint density at radius 1 is 1.57 bits per heavy atom. The number of anilines is 1. The fourth-order valence-electron chi connectivity index (χ4n) is 1.43. The number of halogens is 2. The second kappa shape index (κ2) is 3.22. The zero-order valence-corrected chi connectivity index (χ0v) is 7.94. The van der Waals surface area contributed by atoms with Crippen LogP contribution in [0, 0.1) is 5.82 Å². The minimum atomic E-state index is -0.580. The van der Waals surface area contributed by atoms with E-state index in [-0.39, 0.29) is 10.9 Å². The average molecular weight is 215 g/mol. The minimum Gasteiger partial charge on any atom is -0.324 e. The summed E-state index contributed by atoms with van der Waals surface area (Å²) in [5, 5.41) is 2.56. The van der Waals surface area contributed by atoms with Crippen molar-refractivity contribution in [2.24, 2.45) is 5.73 Å². The Labute approximate surface area is 85.0 Å². The van der Waals surface area contributed by atoms with Crippen molar-refractivity contribution in [1.29, 1.82) is 0 Å². The Morgan fingerprint density at radius 2 is 2.29 bits per heavy atom. The second-order valence-corrected chi connectivity index (χ2v) is 3.63. The summed E-state index contributed by atoms with van der Waals surface area (Å²) in [7, 11) is 0. The topological polar surface area (TPSA) is 55.1 Å². The van der Waals surface area contributed by atoms with Gasteiger partial charge < -0.3 is 11.1 Å². The number of benzene rings is 1. The molecule has 1 aliphatic heterocycles. The highest BCUT2D eigenvalue weighted by atomic mass is 35.5. The van der Waals surface area contributed by atoms with E-state index in [1.54, 1.807) is 0 Å². The van der Waals surface area contributed by atoms with Gasteiger partial charge in [0.2, 0.25) is 5.91 Å². The number of amides is 1. The van der Waals surface area contributed by atoms with Crippen molar-refractivity contribution in [2.45, 2.75) is 12.5 Å². The number of hydrogen-bond donors (Lipinski definition) is 2. The predicted octanol–water partition coefficient (Wildman–Crippen LogP) is 1.30. The highest BCUT2D eigenvalue weighted by Crippen LogP contribution is 2.27. The fraction of sp³-hybridized carbons (Fsp3) is 0.222. The first-order valence-electron chi connectivity index (χ1n) is 4.12. The van der Waals surface area contributed by atoms with Gasteiger partial charge in [-0.2, -0.15) is 0 Å². The van der Waals surface area contributed by atoms with Gasteiger partial charge in [-0.15, -0.1) is 0 Å². The SMILES string of the molecule is NC1Cc2cc(Cl)c(F)cc2NC1=O. The van der Waals surface area contributed by atoms with Crippen molar-refractivity contribution < 1.29 is 9.18 Å². The minimum absolute atomic E-state index is 0.0482. The molecule has 0 aromatic heterocycles. The summed E-state index contributed by atoms with van der Waals surface area (Å²) in [6.07, 6.45) is 0.390. The summed E-state index contributed by atoms with van der Waals surface area (Å²) in [6, 6.07) is 2.12. The van der Waals surface area contributed by atoms with Crippen LogP contribution in [-0.4, -0.2) is 11.9 Å². The van der Waals surface area contributed by atoms with Crippen LogP contribution >= 0.6 is 11.6 Å². The van der Waals surface area contributed by atoms with Crippen LogP contribution in [0.3, 0.4) is 0 Å². The Balaban J connectivity index is 2.47. The summed E-state index contributed by atoms with van der Waals surface area (Å²) in [5.41, 5.74) is 6.76. The monoisotopic (exact) mass is 214 g/mol. The van der Waals surface area contributed by atoms with Gasteiger partial charge in [-0.1, -0.05) is 11.6 Å². The van der Waals surface area contributed by atoms with E-state index >= 15 is 0 Å². The molecular formula is C9H8ClFN2O. The molecule has 0 saturated heterocycles. The van der Waals surface area contributed by atoms with Crippen LogP contribution in [0.1, 0.15) is 5.56 Å². The number of rotatable bonds is 0. The van der Waals surface area contributed by atoms with Crippen molar-refractivity contribution in [3.8, 4) is 0 Å². The third kappa shape index (κ3) is 1.47. The number of fused-ring (bicyclic) bond motifs is 1. The van der Waals surface area contributed by atoms with Gasteiger partial charge in [-0.3, -0.25) is 4.79 Å². The van der Waals surface area contributed by atoms with Crippen molar-refractivity contribution in [3.63, 3.8) is 0 Å². The molecule has 3 nitrogen and oxygen atoms in total. The molecule has 1 atom stereocenters. The molecule has 1 amide bonds. The molecule has 0 radical (unpaired) electrons. The first-order valence-corrected chi connectivity index (χ1v) is 4.50. The largest absolute Gasteiger partial charge is 0.324 e. The van der Waals surface area contributed by atoms with Gasteiger partial charge in [-0.25, -0.2) is 4.39 Å². The zero-order chi connectivity index (χ0) is 10.3. The van der Waals surface area contributed by atoms with Crippen molar-refractivity contribution in [1.82, 2.24) is 0 Å². The lowest BCUT2D eigenvalue weighted by Gasteiger charge is -2.21. The van der Waals surface area contributed by atoms with Crippen molar-refractivity contribution in [2.75, 3.05) is 5.32 Å². The van der Waals surface area contributed by atoms with Gasteiger partial charge in [0, 0.05) is 5.69 Å². The van der Waals surface area contributed by atoms with E-state index in [4.69, 9.17) is 17.3 Å². The molecule has 1 heterocycles. The highest BCUT2D eigenvalue weighted by molar-refractivity contribution is 6.31. The molecule has 1 unspecified atom stereocenters. The second-order valence-electron chi connectivity index (χ2n) is 3.22. The van der Waals surface area contributed by atoms with Gasteiger partial charge in [0.15, 0.2) is 0 Å². The highest BCUT2D eigenvalue weighted by Gasteiger charge is 2.23. The molecule has 1 aromatic carbocycles. The van der Waals surface area contributed by atoms with Crippen LogP contribution in [-0.2, 0) is 11.2 Å². The third-order valence-electron chi connectivity index (χ3n) is 2.18. The lowest BCUT2D eigenvalue weighted by molar-refractivity contribution is -0.117. The van der Waals surface area contributed by atoms with Crippen LogP contribution in [0.5, 0.6) is 0 Å². The molecule has 74 valence electrons. The molecule has 5 heteroatoms. The number of carbonyl (C=O) groups excluding carboxylic acids is 1. The maximum absolute atomic E-state index is 13.0. The molecule has 1 aliphatic rings. The van der Waals surface area contributed by atoms with E-state index in [0.717, 1.165) is 5.56 Å². The quantitative estimate of drug-likeness (QED) is 0.684. The molecule has 0 saturated carbocycles. The number of carbonyl (C=O) groups is 1. The molecule has 0 bridgehead atoms. The lowest BCUT2D eigenvalue weighted by atomic mass is 10.00. The van der Waals surface area contributed by atoms with Crippen molar-refractivity contribution in [3.05, 3.63) is 28.5 Å². The van der Waals surface area contributed by atoms with Crippen LogP contribution < -0.4 is 11.1 Å². The molecule has 2 rings (SSSR count). The number of nitrogens with one attached hydrogen (secondary N) is 1. The predicted molar refractivity (Wildman–Crippen MR) is 51.7 cm³/mol. The van der Waals surface area contributed by atoms with Gasteiger partial charge in [0.25, 0.3) is 0 Å². The standard InChI is InChI=1S/C9H8ClFN2O/c10-5-1-4-2-7(12)9(14)13-8(4)3-6(5)11/h1,3,7H,2,12H2,(H,13,14). The van der Waals surface area contributed by atoms with Gasteiger partial charge in [-0.05, 0) is 24.1 Å². The van der Waals surface area contributed by atoms with E-state index < -0.39 is 11.9 Å². The first kappa shape index (κ1) is 9.43. The molecule has 14 heavy (non-hydrogen) atoms. The molecule has 1 aromatic rings. The third-order valence-corrected chi connectivity index (χ3v) is 2.47. The summed E-state index contributed by atoms with van der Waals surface area (Å²) in [6.45, 7) is 0. The van der Waals surface area contributed by atoms with Crippen LogP contribution in [0.25, 0.3) is 0 Å². The lowest BCUT2D eigenvalue weighted by Crippen LogP contribution is -2.41. The zero-order valence-electron chi connectivity index (χ0n) is 7.18. The Morgan fingerprint density at radius 3 is 3.00 bits per heavy atom. The average Bonchev–Trinajstić information content (AvgIpc) is 2.11. The summed E-state index contributed by atoms with van der Waals surface area (Å²) < 4.78 is 13.0. The van der Waals surface area contributed by atoms with E-state index in [0.29, 0.717) is 12.1 Å². The smallest absolute Gasteiger partial charge is 0.241 e. The van der Waals surface area contributed by atoms with Crippen LogP contribution in [0.15, 0.2) is 12.1 Å². The Hall–Kier alpha value is -1.13. The first-order chi connectivity index (χ1) is 6.58. The Bertz CT molecular complexity index is 408. The molecule has 3 N–H and O–H groups in total. The van der Waals surface area contributed by atoms with Crippen molar-refractivity contribution >= 4 is 23.2 Å². The molecule has 0 aliphatic carbocycles. The van der Waals surface area contributed by atoms with Gasteiger partial charge in [0.1, 0.15) is 5.82 Å². The summed E-state index contributed by atoms with van der Waals surface area (Å²) in [5.74, 6) is -0.833. The maximum Gasteiger partial charge on any atom is 0.241 e. The summed E-state index contributed by atoms with van der Waals surface area (Å²) >= 11 is 5.60. The van der Waals surface area contributed by atoms with E-state index in [2.05, 4.69) is 5.32 Å². The molecule has 0 spiro atoms. The van der Waals surface area contributed by atoms with Gasteiger partial charge in [0.05, 0.1) is 11.1 Å². The van der Waals surface area contributed by atoms with Gasteiger partial charge >= 0.3 is 0 Å². The van der Waals surface area contributed by atoms with E-state index in [9.17, 15) is 9.18 Å². The van der Waals surface area contributed by atoms with Crippen LogP contribution in [0.4, 0.5) is 10.1 Å². The maximum atomic E-state index is 13.0. The van der Waals surface area contributed by atoms with Crippen LogP contribution in [0.2, 0.25) is 5.02 Å².